The second-order valence-corrected chi connectivity index (χ2v) is 10.5. The van der Waals surface area contributed by atoms with E-state index in [9.17, 15) is 9.59 Å². The minimum Gasteiger partial charge on any atom is -0.456 e. The number of nitrogens with zero attached hydrogens (tertiary/aromatic N) is 2. The number of amides is 1. The molecule has 0 aliphatic carbocycles. The van der Waals surface area contributed by atoms with Gasteiger partial charge in [0.1, 0.15) is 11.3 Å². The standard InChI is InChI=1S/C28H29N3O3S/c1-17-12-18(2)26-23(13-17)24(32)14-25(34-26)20-7-9-21(10-8-20)27(33)30-28-29-15-22(35-28)16-31-11-5-4-6-19(31)3/h7-10,12-15,19H,4-6,11,16H2,1-3H3,(H,29,30,33). The molecule has 6 nitrogen and oxygen atoms in total. The Bertz CT molecular complexity index is 1440. The van der Waals surface area contributed by atoms with Crippen LogP contribution in [0.1, 0.15) is 52.5 Å². The van der Waals surface area contributed by atoms with E-state index in [1.807, 2.05) is 32.2 Å². The summed E-state index contributed by atoms with van der Waals surface area (Å²) in [5.41, 5.74) is 3.73. The summed E-state index contributed by atoms with van der Waals surface area (Å²) in [4.78, 5) is 33.5. The van der Waals surface area contributed by atoms with Crippen LogP contribution in [0.2, 0.25) is 0 Å². The maximum Gasteiger partial charge on any atom is 0.257 e. The molecule has 1 fully saturated rings. The van der Waals surface area contributed by atoms with Gasteiger partial charge in [-0.25, -0.2) is 4.98 Å². The number of fused-ring (bicyclic) bond motifs is 1. The number of piperidine rings is 1. The van der Waals surface area contributed by atoms with E-state index >= 15 is 0 Å². The van der Waals surface area contributed by atoms with Crippen molar-refractivity contribution in [3.8, 4) is 11.3 Å². The zero-order chi connectivity index (χ0) is 24.5. The number of thiazole rings is 1. The lowest BCUT2D eigenvalue weighted by molar-refractivity contribution is 0.102. The van der Waals surface area contributed by atoms with Gasteiger partial charge in [0.25, 0.3) is 5.91 Å². The smallest absolute Gasteiger partial charge is 0.257 e. The fraction of sp³-hybridized carbons (Fsp3) is 0.321. The molecular weight excluding hydrogens is 458 g/mol. The van der Waals surface area contributed by atoms with Crippen LogP contribution in [0.4, 0.5) is 5.13 Å². The molecule has 180 valence electrons. The predicted octanol–water partition coefficient (Wildman–Crippen LogP) is 6.16. The number of aromatic nitrogens is 1. The van der Waals surface area contributed by atoms with E-state index in [4.69, 9.17) is 4.42 Å². The number of hydrogen-bond donors (Lipinski definition) is 1. The molecule has 1 N–H and O–H groups in total. The number of carbonyl (C=O) groups excluding carboxylic acids is 1. The first-order valence-electron chi connectivity index (χ1n) is 12.0. The zero-order valence-corrected chi connectivity index (χ0v) is 21.1. The Morgan fingerprint density at radius 1 is 1.17 bits per heavy atom. The van der Waals surface area contributed by atoms with Gasteiger partial charge in [-0.1, -0.05) is 24.6 Å². The molecule has 1 saturated heterocycles. The lowest BCUT2D eigenvalue weighted by atomic mass is 10.0. The maximum absolute atomic E-state index is 12.8. The molecular formula is C28H29N3O3S. The Morgan fingerprint density at radius 2 is 1.97 bits per heavy atom. The summed E-state index contributed by atoms with van der Waals surface area (Å²) in [6.07, 6.45) is 5.63. The SMILES string of the molecule is Cc1cc(C)c2oc(-c3ccc(C(=O)Nc4ncc(CN5CCCCC5C)s4)cc3)cc(=O)c2c1. The molecule has 2 aromatic carbocycles. The van der Waals surface area contributed by atoms with Gasteiger partial charge < -0.3 is 4.42 Å². The van der Waals surface area contributed by atoms with Crippen LogP contribution >= 0.6 is 11.3 Å². The molecule has 5 rings (SSSR count). The van der Waals surface area contributed by atoms with Gasteiger partial charge in [-0.3, -0.25) is 19.8 Å². The molecule has 3 heterocycles. The van der Waals surface area contributed by atoms with Gasteiger partial charge in [0.15, 0.2) is 10.6 Å². The van der Waals surface area contributed by atoms with E-state index in [-0.39, 0.29) is 11.3 Å². The Balaban J connectivity index is 1.29. The van der Waals surface area contributed by atoms with Crippen molar-refractivity contribution in [1.82, 2.24) is 9.88 Å². The van der Waals surface area contributed by atoms with Crippen LogP contribution in [0.25, 0.3) is 22.3 Å². The molecule has 35 heavy (non-hydrogen) atoms. The molecule has 0 saturated carbocycles. The minimum atomic E-state index is -0.213. The molecule has 0 spiro atoms. The van der Waals surface area contributed by atoms with Gasteiger partial charge in [0.05, 0.1) is 5.39 Å². The number of anilines is 1. The van der Waals surface area contributed by atoms with Gasteiger partial charge in [-0.2, -0.15) is 0 Å². The summed E-state index contributed by atoms with van der Waals surface area (Å²) < 4.78 is 6.07. The molecule has 0 bridgehead atoms. The van der Waals surface area contributed by atoms with Crippen LogP contribution in [-0.2, 0) is 6.54 Å². The summed E-state index contributed by atoms with van der Waals surface area (Å²) in [6.45, 7) is 8.17. The van der Waals surface area contributed by atoms with Gasteiger partial charge in [-0.15, -0.1) is 11.3 Å². The number of aryl methyl sites for hydroxylation is 2. The van der Waals surface area contributed by atoms with Crippen molar-refractivity contribution in [2.45, 2.75) is 52.6 Å². The lowest BCUT2D eigenvalue weighted by Gasteiger charge is -2.32. The Hall–Kier alpha value is -3.29. The Morgan fingerprint density at radius 3 is 2.74 bits per heavy atom. The fourth-order valence-electron chi connectivity index (χ4n) is 4.74. The third kappa shape index (κ3) is 5.06. The van der Waals surface area contributed by atoms with Crippen LogP contribution in [0.15, 0.2) is 57.9 Å². The molecule has 1 aliphatic heterocycles. The van der Waals surface area contributed by atoms with Crippen molar-refractivity contribution in [2.75, 3.05) is 11.9 Å². The number of rotatable bonds is 5. The number of likely N-dealkylation sites (tertiary alicyclic amines) is 1. The highest BCUT2D eigenvalue weighted by Crippen LogP contribution is 2.27. The van der Waals surface area contributed by atoms with Crippen LogP contribution in [0, 0.1) is 13.8 Å². The van der Waals surface area contributed by atoms with Gasteiger partial charge in [-0.05, 0) is 69.5 Å². The van der Waals surface area contributed by atoms with E-state index in [1.54, 1.807) is 24.3 Å². The molecule has 1 aliphatic rings. The molecule has 7 heteroatoms. The summed E-state index contributed by atoms with van der Waals surface area (Å²) in [7, 11) is 0. The normalized spacial score (nSPS) is 16.5. The monoisotopic (exact) mass is 487 g/mol. The van der Waals surface area contributed by atoms with Crippen molar-refractivity contribution in [3.05, 3.63) is 80.5 Å². The van der Waals surface area contributed by atoms with Gasteiger partial charge in [0.2, 0.25) is 0 Å². The molecule has 2 aromatic heterocycles. The third-order valence-corrected chi connectivity index (χ3v) is 7.56. The van der Waals surface area contributed by atoms with Crippen molar-refractivity contribution in [2.24, 2.45) is 0 Å². The van der Waals surface area contributed by atoms with Crippen molar-refractivity contribution >= 4 is 33.3 Å². The number of carbonyl (C=O) groups is 1. The highest BCUT2D eigenvalue weighted by atomic mass is 32.1. The number of hydrogen-bond acceptors (Lipinski definition) is 6. The summed E-state index contributed by atoms with van der Waals surface area (Å²) >= 11 is 1.52. The summed E-state index contributed by atoms with van der Waals surface area (Å²) in [6, 6.07) is 13.0. The quantitative estimate of drug-likeness (QED) is 0.365. The van der Waals surface area contributed by atoms with Crippen LogP contribution in [0.5, 0.6) is 0 Å². The number of benzene rings is 2. The predicted molar refractivity (Wildman–Crippen MR) is 141 cm³/mol. The van der Waals surface area contributed by atoms with E-state index in [1.165, 1.54) is 36.7 Å². The van der Waals surface area contributed by atoms with E-state index in [2.05, 4.69) is 22.1 Å². The van der Waals surface area contributed by atoms with E-state index in [0.29, 0.717) is 33.5 Å². The largest absolute Gasteiger partial charge is 0.456 e. The van der Waals surface area contributed by atoms with Gasteiger partial charge in [0, 0.05) is 40.9 Å². The molecule has 1 amide bonds. The van der Waals surface area contributed by atoms with Crippen molar-refractivity contribution < 1.29 is 9.21 Å². The van der Waals surface area contributed by atoms with Crippen LogP contribution in [-0.4, -0.2) is 28.4 Å². The highest BCUT2D eigenvalue weighted by molar-refractivity contribution is 7.15. The van der Waals surface area contributed by atoms with Gasteiger partial charge >= 0.3 is 0 Å². The number of nitrogens with one attached hydrogen (secondary N) is 1. The first kappa shape index (κ1) is 23.5. The molecule has 1 atom stereocenters. The molecule has 1 unspecified atom stereocenters. The summed E-state index contributed by atoms with van der Waals surface area (Å²) in [5.74, 6) is 0.271. The topological polar surface area (TPSA) is 75.4 Å². The maximum atomic E-state index is 12.8. The van der Waals surface area contributed by atoms with E-state index < -0.39 is 0 Å². The highest BCUT2D eigenvalue weighted by Gasteiger charge is 2.19. The van der Waals surface area contributed by atoms with E-state index in [0.717, 1.165) is 34.7 Å². The summed E-state index contributed by atoms with van der Waals surface area (Å²) in [5, 5.41) is 4.09. The second kappa shape index (κ2) is 9.76. The molecule has 4 aromatic rings. The average molecular weight is 488 g/mol. The zero-order valence-electron chi connectivity index (χ0n) is 20.3. The molecule has 0 radical (unpaired) electrons. The fourth-order valence-corrected chi connectivity index (χ4v) is 5.57. The Kier molecular flexibility index (Phi) is 6.54. The van der Waals surface area contributed by atoms with Crippen LogP contribution in [0.3, 0.4) is 0 Å². The lowest BCUT2D eigenvalue weighted by Crippen LogP contribution is -2.36. The second-order valence-electron chi connectivity index (χ2n) is 9.41. The minimum absolute atomic E-state index is 0.0756. The third-order valence-electron chi connectivity index (χ3n) is 6.66. The first-order valence-corrected chi connectivity index (χ1v) is 12.8. The Labute approximate surface area is 208 Å². The van der Waals surface area contributed by atoms with Crippen molar-refractivity contribution in [1.29, 1.82) is 0 Å². The first-order chi connectivity index (χ1) is 16.9. The van der Waals surface area contributed by atoms with Crippen molar-refractivity contribution in [3.63, 3.8) is 0 Å². The van der Waals surface area contributed by atoms with Crippen LogP contribution < -0.4 is 10.7 Å². The average Bonchev–Trinajstić information content (AvgIpc) is 3.28.